The van der Waals surface area contributed by atoms with Crippen LogP contribution in [0.2, 0.25) is 0 Å². The van der Waals surface area contributed by atoms with Crippen LogP contribution in [-0.2, 0) is 4.79 Å². The molecule has 4 rings (SSSR count). The SMILES string of the molecule is Cc1cccc(C)c1NC(=O)C[PH](c1ccccc1)(c1ccccc1)c1ccccc1. The number of rotatable bonds is 6. The average Bonchev–Trinajstić information content (AvgIpc) is 2.82. The molecule has 0 aliphatic heterocycles. The molecule has 4 aromatic rings. The quantitative estimate of drug-likeness (QED) is 0.434. The Hall–Kier alpha value is -3.22. The Morgan fingerprint density at radius 2 is 1.00 bits per heavy atom. The van der Waals surface area contributed by atoms with Crippen molar-refractivity contribution < 1.29 is 4.79 Å². The fourth-order valence-electron chi connectivity index (χ4n) is 4.41. The Labute approximate surface area is 185 Å². The number of anilines is 1. The summed E-state index contributed by atoms with van der Waals surface area (Å²) in [4.78, 5) is 13.6. The van der Waals surface area contributed by atoms with E-state index in [-0.39, 0.29) is 5.91 Å². The van der Waals surface area contributed by atoms with Gasteiger partial charge in [0.15, 0.2) is 0 Å². The van der Waals surface area contributed by atoms with Gasteiger partial charge in [-0.05, 0) is 0 Å². The molecule has 0 radical (unpaired) electrons. The van der Waals surface area contributed by atoms with Crippen molar-refractivity contribution >= 4 is 34.8 Å². The molecule has 0 unspecified atom stereocenters. The molecule has 0 saturated heterocycles. The first-order valence-corrected chi connectivity index (χ1v) is 12.8. The Morgan fingerprint density at radius 1 is 0.613 bits per heavy atom. The van der Waals surface area contributed by atoms with Gasteiger partial charge in [0, 0.05) is 0 Å². The van der Waals surface area contributed by atoms with Gasteiger partial charge in [-0.3, -0.25) is 0 Å². The summed E-state index contributed by atoms with van der Waals surface area (Å²) in [5.41, 5.74) is 3.09. The van der Waals surface area contributed by atoms with E-state index in [9.17, 15) is 4.79 Å². The van der Waals surface area contributed by atoms with Gasteiger partial charge in [0.05, 0.1) is 0 Å². The Bertz CT molecular complexity index is 1040. The Morgan fingerprint density at radius 3 is 1.39 bits per heavy atom. The van der Waals surface area contributed by atoms with Crippen molar-refractivity contribution in [2.45, 2.75) is 13.8 Å². The van der Waals surface area contributed by atoms with Crippen LogP contribution in [0.5, 0.6) is 0 Å². The normalized spacial score (nSPS) is 11.7. The number of carbonyl (C=O) groups is 1. The third kappa shape index (κ3) is 4.31. The van der Waals surface area contributed by atoms with E-state index in [0.29, 0.717) is 6.16 Å². The summed E-state index contributed by atoms with van der Waals surface area (Å²) in [5, 5.41) is 6.96. The van der Waals surface area contributed by atoms with E-state index in [4.69, 9.17) is 0 Å². The summed E-state index contributed by atoms with van der Waals surface area (Å²) in [6.45, 7) is 4.08. The number of hydrogen-bond acceptors (Lipinski definition) is 1. The van der Waals surface area contributed by atoms with Gasteiger partial charge in [0.2, 0.25) is 0 Å². The first-order chi connectivity index (χ1) is 15.1. The van der Waals surface area contributed by atoms with Crippen LogP contribution in [0.3, 0.4) is 0 Å². The van der Waals surface area contributed by atoms with Crippen LogP contribution in [0.4, 0.5) is 5.69 Å². The summed E-state index contributed by atoms with van der Waals surface area (Å²) in [5.74, 6) is 0.0561. The number of amides is 1. The van der Waals surface area contributed by atoms with Gasteiger partial charge in [-0.1, -0.05) is 0 Å². The number of aryl methyl sites for hydroxylation is 2. The van der Waals surface area contributed by atoms with Gasteiger partial charge in [-0.25, -0.2) is 0 Å². The van der Waals surface area contributed by atoms with Crippen LogP contribution in [0.15, 0.2) is 109 Å². The van der Waals surface area contributed by atoms with E-state index >= 15 is 0 Å². The van der Waals surface area contributed by atoms with Crippen molar-refractivity contribution in [3.63, 3.8) is 0 Å². The average molecular weight is 426 g/mol. The molecule has 156 valence electrons. The fourth-order valence-corrected chi connectivity index (χ4v) is 8.88. The van der Waals surface area contributed by atoms with E-state index in [1.165, 1.54) is 15.9 Å². The topological polar surface area (TPSA) is 29.1 Å². The van der Waals surface area contributed by atoms with E-state index in [0.717, 1.165) is 16.8 Å². The molecule has 3 heteroatoms. The summed E-state index contributed by atoms with van der Waals surface area (Å²) in [6, 6.07) is 37.7. The molecule has 0 fully saturated rings. The fraction of sp³-hybridized carbons (Fsp3) is 0.107. The van der Waals surface area contributed by atoms with Crippen LogP contribution in [-0.4, -0.2) is 12.1 Å². The van der Waals surface area contributed by atoms with Crippen LogP contribution < -0.4 is 21.2 Å². The number of carbonyl (C=O) groups excluding carboxylic acids is 1. The number of nitrogens with one attached hydrogen (secondary N) is 1. The second kappa shape index (κ2) is 9.29. The summed E-state index contributed by atoms with van der Waals surface area (Å²) >= 11 is 0. The number of hydrogen-bond donors (Lipinski definition) is 1. The molecule has 0 spiro atoms. The third-order valence-electron chi connectivity index (χ3n) is 5.97. The van der Waals surface area contributed by atoms with Crippen molar-refractivity contribution in [3.05, 3.63) is 120 Å². The van der Waals surface area contributed by atoms with Crippen molar-refractivity contribution in [1.29, 1.82) is 0 Å². The molecule has 31 heavy (non-hydrogen) atoms. The van der Waals surface area contributed by atoms with E-state index < -0.39 is 7.26 Å². The maximum atomic E-state index is 13.6. The third-order valence-corrected chi connectivity index (χ3v) is 10.8. The standard InChI is InChI=1S/C28H28NOP/c1-22-13-12-14-23(2)28(22)29-27(30)21-31(24-15-6-3-7-16-24,25-17-8-4-9-18-25)26-19-10-5-11-20-26/h3-20,31H,21H2,1-2H3,(H,29,30). The van der Waals surface area contributed by atoms with Crippen LogP contribution in [0.25, 0.3) is 0 Å². The first-order valence-electron chi connectivity index (χ1n) is 10.6. The summed E-state index contributed by atoms with van der Waals surface area (Å²) < 4.78 is 0. The molecule has 0 bridgehead atoms. The van der Waals surface area contributed by atoms with Gasteiger partial charge in [0.1, 0.15) is 0 Å². The van der Waals surface area contributed by atoms with Crippen LogP contribution >= 0.6 is 7.26 Å². The molecule has 0 aliphatic rings. The molecule has 0 atom stereocenters. The predicted octanol–water partition coefficient (Wildman–Crippen LogP) is 4.97. The first kappa shape index (κ1) is 21.0. The monoisotopic (exact) mass is 425 g/mol. The number of para-hydroxylation sites is 1. The van der Waals surface area contributed by atoms with Crippen molar-refractivity contribution in [2.75, 3.05) is 11.5 Å². The predicted molar refractivity (Wildman–Crippen MR) is 136 cm³/mol. The minimum absolute atomic E-state index is 0.0561. The molecule has 2 nitrogen and oxygen atoms in total. The Balaban J connectivity index is 1.85. The maximum absolute atomic E-state index is 13.6. The minimum atomic E-state index is -2.59. The van der Waals surface area contributed by atoms with Crippen LogP contribution in [0, 0.1) is 13.8 Å². The molecule has 0 saturated carbocycles. The second-order valence-corrected chi connectivity index (χ2v) is 11.9. The summed E-state index contributed by atoms with van der Waals surface area (Å²) in [6.07, 6.45) is 0.443. The van der Waals surface area contributed by atoms with Crippen LogP contribution in [0.1, 0.15) is 11.1 Å². The van der Waals surface area contributed by atoms with E-state index in [1.54, 1.807) is 0 Å². The zero-order chi connectivity index (χ0) is 21.7. The molecule has 0 aliphatic carbocycles. The Kier molecular flexibility index (Phi) is 6.30. The zero-order valence-electron chi connectivity index (χ0n) is 18.0. The van der Waals surface area contributed by atoms with Crippen molar-refractivity contribution in [2.24, 2.45) is 0 Å². The van der Waals surface area contributed by atoms with Gasteiger partial charge in [0.25, 0.3) is 0 Å². The van der Waals surface area contributed by atoms with Crippen molar-refractivity contribution in [3.8, 4) is 0 Å². The molecule has 0 aromatic heterocycles. The zero-order valence-corrected chi connectivity index (χ0v) is 19.0. The summed E-state index contributed by atoms with van der Waals surface area (Å²) in [7, 11) is -2.59. The van der Waals surface area contributed by atoms with Gasteiger partial charge < -0.3 is 0 Å². The molecule has 0 heterocycles. The number of benzene rings is 4. The van der Waals surface area contributed by atoms with Crippen molar-refractivity contribution in [1.82, 2.24) is 0 Å². The molecule has 1 amide bonds. The van der Waals surface area contributed by atoms with E-state index in [1.807, 2.05) is 50.2 Å². The molecular weight excluding hydrogens is 397 g/mol. The second-order valence-electron chi connectivity index (χ2n) is 8.00. The molecular formula is C28H28NOP. The van der Waals surface area contributed by atoms with E-state index in [2.05, 4.69) is 78.1 Å². The van der Waals surface area contributed by atoms with Gasteiger partial charge in [-0.15, -0.1) is 0 Å². The van der Waals surface area contributed by atoms with Gasteiger partial charge in [-0.2, -0.15) is 0 Å². The molecule has 1 N–H and O–H groups in total. The van der Waals surface area contributed by atoms with Gasteiger partial charge >= 0.3 is 185 Å². The molecule has 4 aromatic carbocycles.